The smallest absolute Gasteiger partial charge is 0.254 e. The van der Waals surface area contributed by atoms with E-state index >= 15 is 0 Å². The minimum Gasteiger partial charge on any atom is -0.336 e. The Labute approximate surface area is 136 Å². The molecular formula is C15H21Cl2N3O. The van der Waals surface area contributed by atoms with E-state index in [1.54, 1.807) is 12.1 Å². The van der Waals surface area contributed by atoms with Crippen molar-refractivity contribution in [3.05, 3.63) is 28.0 Å². The van der Waals surface area contributed by atoms with Crippen LogP contribution in [-0.4, -0.2) is 53.4 Å². The SMILES string of the molecule is CC(C)CCN1CCN(C(=O)c2cc(Cl)nc(Cl)c2)CC1. The van der Waals surface area contributed by atoms with Gasteiger partial charge in [0.1, 0.15) is 10.3 Å². The van der Waals surface area contributed by atoms with Gasteiger partial charge in [-0.1, -0.05) is 37.0 Å². The van der Waals surface area contributed by atoms with Gasteiger partial charge in [0, 0.05) is 31.7 Å². The van der Waals surface area contributed by atoms with E-state index < -0.39 is 0 Å². The number of nitrogens with zero attached hydrogens (tertiary/aromatic N) is 3. The first-order chi connectivity index (χ1) is 9.95. The average molecular weight is 330 g/mol. The van der Waals surface area contributed by atoms with Crippen molar-refractivity contribution in [1.82, 2.24) is 14.8 Å². The van der Waals surface area contributed by atoms with Crippen molar-refractivity contribution in [2.75, 3.05) is 32.7 Å². The highest BCUT2D eigenvalue weighted by Gasteiger charge is 2.22. The third kappa shape index (κ3) is 4.83. The fourth-order valence-corrected chi connectivity index (χ4v) is 2.85. The van der Waals surface area contributed by atoms with Gasteiger partial charge in [-0.05, 0) is 31.0 Å². The van der Waals surface area contributed by atoms with Crippen LogP contribution in [0.4, 0.5) is 0 Å². The third-order valence-electron chi connectivity index (χ3n) is 3.69. The van der Waals surface area contributed by atoms with Gasteiger partial charge in [-0.3, -0.25) is 9.69 Å². The minimum absolute atomic E-state index is 0.0234. The van der Waals surface area contributed by atoms with Crippen molar-refractivity contribution in [2.24, 2.45) is 5.92 Å². The molecule has 0 bridgehead atoms. The maximum atomic E-state index is 12.4. The summed E-state index contributed by atoms with van der Waals surface area (Å²) < 4.78 is 0. The molecule has 1 aromatic rings. The summed E-state index contributed by atoms with van der Waals surface area (Å²) in [5.41, 5.74) is 0.510. The molecule has 6 heteroatoms. The van der Waals surface area contributed by atoms with E-state index in [-0.39, 0.29) is 16.2 Å². The number of hydrogen-bond donors (Lipinski definition) is 0. The van der Waals surface area contributed by atoms with Crippen LogP contribution in [0, 0.1) is 5.92 Å². The van der Waals surface area contributed by atoms with Crippen LogP contribution in [0.25, 0.3) is 0 Å². The highest BCUT2D eigenvalue weighted by atomic mass is 35.5. The molecule has 1 aliphatic rings. The summed E-state index contributed by atoms with van der Waals surface area (Å²) in [6.07, 6.45) is 1.20. The Morgan fingerprint density at radius 3 is 2.29 bits per heavy atom. The Bertz CT molecular complexity index is 479. The summed E-state index contributed by atoms with van der Waals surface area (Å²) >= 11 is 11.7. The van der Waals surface area contributed by atoms with Crippen LogP contribution in [-0.2, 0) is 0 Å². The molecule has 0 atom stereocenters. The van der Waals surface area contributed by atoms with Crippen molar-refractivity contribution in [3.8, 4) is 0 Å². The van der Waals surface area contributed by atoms with E-state index in [4.69, 9.17) is 23.2 Å². The zero-order chi connectivity index (χ0) is 15.4. The first kappa shape index (κ1) is 16.5. The molecule has 0 unspecified atom stereocenters. The largest absolute Gasteiger partial charge is 0.336 e. The fraction of sp³-hybridized carbons (Fsp3) is 0.600. The normalized spacial score (nSPS) is 16.5. The van der Waals surface area contributed by atoms with Crippen LogP contribution < -0.4 is 0 Å². The zero-order valence-corrected chi connectivity index (χ0v) is 14.0. The molecule has 2 rings (SSSR count). The zero-order valence-electron chi connectivity index (χ0n) is 12.5. The molecular weight excluding hydrogens is 309 g/mol. The van der Waals surface area contributed by atoms with Gasteiger partial charge >= 0.3 is 0 Å². The maximum absolute atomic E-state index is 12.4. The molecule has 4 nitrogen and oxygen atoms in total. The molecule has 1 amide bonds. The van der Waals surface area contributed by atoms with E-state index in [0.717, 1.165) is 32.7 Å². The van der Waals surface area contributed by atoms with Gasteiger partial charge in [0.15, 0.2) is 0 Å². The Hall–Kier alpha value is -0.840. The van der Waals surface area contributed by atoms with Crippen molar-refractivity contribution in [1.29, 1.82) is 0 Å². The van der Waals surface area contributed by atoms with E-state index in [9.17, 15) is 4.79 Å². The number of rotatable bonds is 4. The Balaban J connectivity index is 1.91. The second-order valence-electron chi connectivity index (χ2n) is 5.82. The van der Waals surface area contributed by atoms with Crippen LogP contribution in [0.3, 0.4) is 0 Å². The fourth-order valence-electron chi connectivity index (χ4n) is 2.39. The van der Waals surface area contributed by atoms with Crippen LogP contribution in [0.15, 0.2) is 12.1 Å². The van der Waals surface area contributed by atoms with E-state index in [0.29, 0.717) is 11.5 Å². The lowest BCUT2D eigenvalue weighted by Gasteiger charge is -2.35. The lowest BCUT2D eigenvalue weighted by molar-refractivity contribution is 0.0631. The molecule has 116 valence electrons. The number of aromatic nitrogens is 1. The summed E-state index contributed by atoms with van der Waals surface area (Å²) in [5, 5.41) is 0.503. The van der Waals surface area contributed by atoms with Crippen LogP contribution in [0.2, 0.25) is 10.3 Å². The summed E-state index contributed by atoms with van der Waals surface area (Å²) in [7, 11) is 0. The lowest BCUT2D eigenvalue weighted by atomic mass is 10.1. The van der Waals surface area contributed by atoms with Gasteiger partial charge in [0.25, 0.3) is 5.91 Å². The van der Waals surface area contributed by atoms with E-state index in [1.807, 2.05) is 4.90 Å². The molecule has 1 fully saturated rings. The van der Waals surface area contributed by atoms with Gasteiger partial charge in [-0.2, -0.15) is 0 Å². The number of hydrogen-bond acceptors (Lipinski definition) is 3. The predicted octanol–water partition coefficient (Wildman–Crippen LogP) is 3.19. The van der Waals surface area contributed by atoms with E-state index in [2.05, 4.69) is 23.7 Å². The van der Waals surface area contributed by atoms with Gasteiger partial charge in [0.2, 0.25) is 0 Å². The Morgan fingerprint density at radius 2 is 1.76 bits per heavy atom. The Kier molecular flexibility index (Phi) is 5.85. The maximum Gasteiger partial charge on any atom is 0.254 e. The van der Waals surface area contributed by atoms with E-state index in [1.165, 1.54) is 6.42 Å². The Morgan fingerprint density at radius 1 is 1.19 bits per heavy atom. The van der Waals surface area contributed by atoms with Crippen molar-refractivity contribution in [2.45, 2.75) is 20.3 Å². The molecule has 0 aromatic carbocycles. The number of piperazine rings is 1. The molecule has 1 aliphatic heterocycles. The monoisotopic (exact) mass is 329 g/mol. The van der Waals surface area contributed by atoms with Gasteiger partial charge in [-0.15, -0.1) is 0 Å². The van der Waals surface area contributed by atoms with Crippen molar-refractivity contribution in [3.63, 3.8) is 0 Å². The summed E-state index contributed by atoms with van der Waals surface area (Å²) in [6.45, 7) is 8.90. The van der Waals surface area contributed by atoms with Gasteiger partial charge in [-0.25, -0.2) is 4.98 Å². The van der Waals surface area contributed by atoms with Gasteiger partial charge in [0.05, 0.1) is 0 Å². The lowest BCUT2D eigenvalue weighted by Crippen LogP contribution is -2.49. The quantitative estimate of drug-likeness (QED) is 0.796. The molecule has 0 saturated carbocycles. The summed E-state index contributed by atoms with van der Waals surface area (Å²) in [5.74, 6) is 0.690. The predicted molar refractivity (Wildman–Crippen MR) is 86.1 cm³/mol. The average Bonchev–Trinajstić information content (AvgIpc) is 2.44. The molecule has 1 saturated heterocycles. The van der Waals surface area contributed by atoms with Crippen LogP contribution in [0.5, 0.6) is 0 Å². The third-order valence-corrected chi connectivity index (χ3v) is 4.08. The minimum atomic E-state index is -0.0234. The first-order valence-corrected chi connectivity index (χ1v) is 8.06. The number of halogens is 2. The van der Waals surface area contributed by atoms with Gasteiger partial charge < -0.3 is 4.90 Å². The molecule has 0 aliphatic carbocycles. The number of amides is 1. The van der Waals surface area contributed by atoms with Crippen LogP contribution >= 0.6 is 23.2 Å². The number of carbonyl (C=O) groups excluding carboxylic acids is 1. The molecule has 1 aromatic heterocycles. The summed E-state index contributed by atoms with van der Waals surface area (Å²) in [4.78, 5) is 20.6. The molecule has 0 spiro atoms. The van der Waals surface area contributed by atoms with Crippen LogP contribution in [0.1, 0.15) is 30.6 Å². The van der Waals surface area contributed by atoms with Crippen molar-refractivity contribution >= 4 is 29.1 Å². The molecule has 21 heavy (non-hydrogen) atoms. The number of carbonyl (C=O) groups is 1. The molecule has 2 heterocycles. The topological polar surface area (TPSA) is 36.4 Å². The molecule has 0 N–H and O–H groups in total. The second-order valence-corrected chi connectivity index (χ2v) is 6.59. The first-order valence-electron chi connectivity index (χ1n) is 7.30. The second kappa shape index (κ2) is 7.43. The molecule has 0 radical (unpaired) electrons. The highest BCUT2D eigenvalue weighted by Crippen LogP contribution is 2.17. The van der Waals surface area contributed by atoms with Crippen molar-refractivity contribution < 1.29 is 4.79 Å². The number of pyridine rings is 1. The standard InChI is InChI=1S/C15H21Cl2N3O/c1-11(2)3-4-19-5-7-20(8-6-19)15(21)12-9-13(16)18-14(17)10-12/h9-11H,3-8H2,1-2H3. The summed E-state index contributed by atoms with van der Waals surface area (Å²) in [6, 6.07) is 3.14. The highest BCUT2D eigenvalue weighted by molar-refractivity contribution is 6.33.